The summed E-state index contributed by atoms with van der Waals surface area (Å²) in [6.07, 6.45) is 1.34. The normalized spacial score (nSPS) is 13.1. The van der Waals surface area contributed by atoms with Crippen LogP contribution in [0, 0.1) is 11.8 Å². The molecule has 1 rings (SSSR count). The second-order valence-corrected chi connectivity index (χ2v) is 5.65. The van der Waals surface area contributed by atoms with Crippen molar-refractivity contribution in [1.29, 1.82) is 0 Å². The lowest BCUT2D eigenvalue weighted by Gasteiger charge is -2.14. The summed E-state index contributed by atoms with van der Waals surface area (Å²) in [5.74, 6) is 0.772. The average molecular weight is 301 g/mol. The maximum Gasteiger partial charge on any atom is 0.141 e. The van der Waals surface area contributed by atoms with E-state index in [9.17, 15) is 4.79 Å². The van der Waals surface area contributed by atoms with Gasteiger partial charge in [0, 0.05) is 19.4 Å². The van der Waals surface area contributed by atoms with E-state index in [1.165, 1.54) is 0 Å². The standard InChI is InChI=1S/C13H21BrN2O/c1-6-10-13(14)11(16(5)15-10)7-12(17)9(4)8(2)3/h8-9H,6-7H2,1-5H3. The molecule has 0 saturated heterocycles. The van der Waals surface area contributed by atoms with Crippen LogP contribution in [0.1, 0.15) is 39.1 Å². The Morgan fingerprint density at radius 2 is 2.00 bits per heavy atom. The van der Waals surface area contributed by atoms with Crippen molar-refractivity contribution >= 4 is 21.7 Å². The Bertz CT molecular complexity index is 410. The van der Waals surface area contributed by atoms with E-state index in [2.05, 4.69) is 41.8 Å². The molecule has 0 spiro atoms. The van der Waals surface area contributed by atoms with Crippen LogP contribution in [0.2, 0.25) is 0 Å². The first-order chi connectivity index (χ1) is 7.88. The van der Waals surface area contributed by atoms with Crippen LogP contribution in [-0.2, 0) is 24.7 Å². The minimum Gasteiger partial charge on any atom is -0.299 e. The molecule has 1 unspecified atom stereocenters. The molecule has 0 amide bonds. The van der Waals surface area contributed by atoms with Crippen molar-refractivity contribution in [3.8, 4) is 0 Å². The maximum atomic E-state index is 12.1. The van der Waals surface area contributed by atoms with E-state index in [1.54, 1.807) is 0 Å². The van der Waals surface area contributed by atoms with Gasteiger partial charge in [0.05, 0.1) is 15.9 Å². The highest BCUT2D eigenvalue weighted by atomic mass is 79.9. The van der Waals surface area contributed by atoms with Gasteiger partial charge >= 0.3 is 0 Å². The van der Waals surface area contributed by atoms with E-state index < -0.39 is 0 Å². The highest BCUT2D eigenvalue weighted by Crippen LogP contribution is 2.24. The van der Waals surface area contributed by atoms with Gasteiger partial charge in [-0.1, -0.05) is 27.7 Å². The molecule has 0 aliphatic carbocycles. The van der Waals surface area contributed by atoms with Crippen LogP contribution in [0.4, 0.5) is 0 Å². The molecule has 0 aliphatic heterocycles. The summed E-state index contributed by atoms with van der Waals surface area (Å²) in [6.45, 7) is 8.23. The van der Waals surface area contributed by atoms with Crippen molar-refractivity contribution < 1.29 is 4.79 Å². The maximum absolute atomic E-state index is 12.1. The summed E-state index contributed by atoms with van der Waals surface area (Å²) < 4.78 is 2.81. The third kappa shape index (κ3) is 3.18. The zero-order chi connectivity index (χ0) is 13.2. The monoisotopic (exact) mass is 300 g/mol. The molecule has 0 N–H and O–H groups in total. The molecule has 1 heterocycles. The fourth-order valence-corrected chi connectivity index (χ4v) is 2.47. The second-order valence-electron chi connectivity index (χ2n) is 4.86. The lowest BCUT2D eigenvalue weighted by molar-refractivity contribution is -0.123. The topological polar surface area (TPSA) is 34.9 Å². The van der Waals surface area contributed by atoms with Gasteiger partial charge in [-0.25, -0.2) is 0 Å². The van der Waals surface area contributed by atoms with Crippen LogP contribution in [0.3, 0.4) is 0 Å². The van der Waals surface area contributed by atoms with Gasteiger partial charge in [0.1, 0.15) is 5.78 Å². The van der Waals surface area contributed by atoms with Gasteiger partial charge in [0.25, 0.3) is 0 Å². The molecular weight excluding hydrogens is 280 g/mol. The SMILES string of the molecule is CCc1nn(C)c(CC(=O)C(C)C(C)C)c1Br. The second kappa shape index (κ2) is 5.80. The smallest absolute Gasteiger partial charge is 0.141 e. The number of ketones is 1. The minimum atomic E-state index is 0.0990. The molecule has 17 heavy (non-hydrogen) atoms. The number of carbonyl (C=O) groups is 1. The Morgan fingerprint density at radius 1 is 1.41 bits per heavy atom. The molecule has 0 radical (unpaired) electrons. The number of hydrogen-bond acceptors (Lipinski definition) is 2. The quantitative estimate of drug-likeness (QED) is 0.837. The van der Waals surface area contributed by atoms with E-state index in [0.717, 1.165) is 22.3 Å². The Labute approximate surface area is 112 Å². The molecule has 0 bridgehead atoms. The zero-order valence-corrected chi connectivity index (χ0v) is 12.8. The first-order valence-corrected chi connectivity index (χ1v) is 6.90. The van der Waals surface area contributed by atoms with Gasteiger partial charge in [0.2, 0.25) is 0 Å². The number of rotatable bonds is 5. The van der Waals surface area contributed by atoms with E-state index in [0.29, 0.717) is 12.3 Å². The predicted molar refractivity (Wildman–Crippen MR) is 73.0 cm³/mol. The number of hydrogen-bond donors (Lipinski definition) is 0. The predicted octanol–water partition coefficient (Wildman–Crippen LogP) is 3.15. The number of nitrogens with zero attached hydrogens (tertiary/aromatic N) is 2. The molecule has 96 valence electrons. The van der Waals surface area contributed by atoms with Crippen LogP contribution >= 0.6 is 15.9 Å². The number of aromatic nitrogens is 2. The van der Waals surface area contributed by atoms with E-state index in [4.69, 9.17) is 0 Å². The minimum absolute atomic E-state index is 0.0990. The highest BCUT2D eigenvalue weighted by Gasteiger charge is 2.21. The zero-order valence-electron chi connectivity index (χ0n) is 11.2. The number of carbonyl (C=O) groups excluding carboxylic acids is 1. The van der Waals surface area contributed by atoms with Crippen molar-refractivity contribution in [3.05, 3.63) is 15.9 Å². The summed E-state index contributed by atoms with van der Waals surface area (Å²) in [5.41, 5.74) is 2.01. The van der Waals surface area contributed by atoms with Crippen LogP contribution < -0.4 is 0 Å². The van der Waals surface area contributed by atoms with Gasteiger partial charge in [0.15, 0.2) is 0 Å². The fourth-order valence-electron chi connectivity index (χ4n) is 1.71. The van der Waals surface area contributed by atoms with Gasteiger partial charge in [-0.2, -0.15) is 5.10 Å². The van der Waals surface area contributed by atoms with Crippen molar-refractivity contribution in [1.82, 2.24) is 9.78 Å². The molecule has 0 aliphatic rings. The van der Waals surface area contributed by atoms with Crippen molar-refractivity contribution in [2.24, 2.45) is 18.9 Å². The summed E-state index contributed by atoms with van der Waals surface area (Å²) in [4.78, 5) is 12.1. The van der Waals surface area contributed by atoms with E-state index >= 15 is 0 Å². The molecule has 1 atom stereocenters. The van der Waals surface area contributed by atoms with Gasteiger partial charge < -0.3 is 0 Å². The fraction of sp³-hybridized carbons (Fsp3) is 0.692. The van der Waals surface area contributed by atoms with E-state index in [1.807, 2.05) is 18.7 Å². The van der Waals surface area contributed by atoms with Crippen molar-refractivity contribution in [2.75, 3.05) is 0 Å². The van der Waals surface area contributed by atoms with Crippen molar-refractivity contribution in [3.63, 3.8) is 0 Å². The van der Waals surface area contributed by atoms with E-state index in [-0.39, 0.29) is 11.7 Å². The van der Waals surface area contributed by atoms with Crippen LogP contribution in [-0.4, -0.2) is 15.6 Å². The first kappa shape index (κ1) is 14.4. The molecule has 1 aromatic heterocycles. The molecular formula is C13H21BrN2O. The lowest BCUT2D eigenvalue weighted by atomic mass is 9.91. The first-order valence-electron chi connectivity index (χ1n) is 6.11. The molecule has 0 fully saturated rings. The molecule has 1 aromatic rings. The van der Waals surface area contributed by atoms with Crippen LogP contribution in [0.5, 0.6) is 0 Å². The molecule has 3 nitrogen and oxygen atoms in total. The largest absolute Gasteiger partial charge is 0.299 e. The summed E-state index contributed by atoms with van der Waals surface area (Å²) in [7, 11) is 1.90. The summed E-state index contributed by atoms with van der Waals surface area (Å²) in [5, 5.41) is 4.40. The number of halogens is 1. The number of Topliss-reactive ketones (excluding diaryl/α,β-unsaturated/α-hetero) is 1. The average Bonchev–Trinajstić information content (AvgIpc) is 2.55. The third-order valence-corrected chi connectivity index (χ3v) is 4.27. The van der Waals surface area contributed by atoms with Gasteiger partial charge in [-0.15, -0.1) is 0 Å². The molecule has 0 aromatic carbocycles. The van der Waals surface area contributed by atoms with Crippen LogP contribution in [0.15, 0.2) is 4.47 Å². The van der Waals surface area contributed by atoms with Gasteiger partial charge in [-0.05, 0) is 28.3 Å². The molecule has 4 heteroatoms. The summed E-state index contributed by atoms with van der Waals surface area (Å²) in [6, 6.07) is 0. The Kier molecular flexibility index (Phi) is 4.92. The Hall–Kier alpha value is -0.640. The van der Waals surface area contributed by atoms with Crippen LogP contribution in [0.25, 0.3) is 0 Å². The van der Waals surface area contributed by atoms with Crippen molar-refractivity contribution in [2.45, 2.75) is 40.5 Å². The Balaban J connectivity index is 2.89. The molecule has 0 saturated carbocycles. The lowest BCUT2D eigenvalue weighted by Crippen LogP contribution is -2.20. The highest BCUT2D eigenvalue weighted by molar-refractivity contribution is 9.10. The third-order valence-electron chi connectivity index (χ3n) is 3.35. The number of aryl methyl sites for hydroxylation is 2. The summed E-state index contributed by atoms with van der Waals surface area (Å²) >= 11 is 3.54. The van der Waals surface area contributed by atoms with Gasteiger partial charge in [-0.3, -0.25) is 9.48 Å². The Morgan fingerprint density at radius 3 is 2.41 bits per heavy atom.